The van der Waals surface area contributed by atoms with Crippen LogP contribution in [0.1, 0.15) is 81.5 Å². The monoisotopic (exact) mass is 386 g/mol. The summed E-state index contributed by atoms with van der Waals surface area (Å²) in [5.41, 5.74) is 1.55. The second-order valence-corrected chi connectivity index (χ2v) is 8.87. The number of fused-ring (bicyclic) bond motifs is 1. The fourth-order valence-corrected chi connectivity index (χ4v) is 3.37. The number of rotatable bonds is 5. The van der Waals surface area contributed by atoms with E-state index in [0.717, 1.165) is 35.3 Å². The van der Waals surface area contributed by atoms with Crippen LogP contribution in [0.15, 0.2) is 6.07 Å². The molecule has 1 saturated carbocycles. The highest BCUT2D eigenvalue weighted by Crippen LogP contribution is 2.41. The fraction of sp³-hybridized carbons (Fsp3) is 0.619. The predicted octanol–water partition coefficient (Wildman–Crippen LogP) is 3.44. The zero-order valence-electron chi connectivity index (χ0n) is 17.8. The molecule has 1 fully saturated rings. The minimum absolute atomic E-state index is 0.265. The van der Waals surface area contributed by atoms with Crippen LogP contribution in [0, 0.1) is 6.92 Å². The third kappa shape index (κ3) is 3.50. The number of carbonyl (C=O) groups is 2. The van der Waals surface area contributed by atoms with Gasteiger partial charge in [0.15, 0.2) is 5.65 Å². The van der Waals surface area contributed by atoms with E-state index in [4.69, 9.17) is 9.72 Å². The van der Waals surface area contributed by atoms with E-state index in [9.17, 15) is 9.59 Å². The normalized spacial score (nSPS) is 16.7. The van der Waals surface area contributed by atoms with E-state index >= 15 is 0 Å². The molecule has 2 heterocycles. The van der Waals surface area contributed by atoms with Gasteiger partial charge in [0.2, 0.25) is 0 Å². The molecule has 0 aliphatic heterocycles. The average molecular weight is 386 g/mol. The summed E-state index contributed by atoms with van der Waals surface area (Å²) < 4.78 is 6.78. The first-order chi connectivity index (χ1) is 13.0. The fourth-order valence-electron chi connectivity index (χ4n) is 3.37. The average Bonchev–Trinajstić information content (AvgIpc) is 3.43. The Morgan fingerprint density at radius 3 is 2.43 bits per heavy atom. The lowest BCUT2D eigenvalue weighted by Crippen LogP contribution is -2.52. The number of amides is 1. The van der Waals surface area contributed by atoms with Gasteiger partial charge in [0, 0.05) is 11.6 Å². The molecule has 7 nitrogen and oxygen atoms in total. The van der Waals surface area contributed by atoms with Gasteiger partial charge in [0.05, 0.1) is 29.3 Å². The van der Waals surface area contributed by atoms with Gasteiger partial charge in [0.25, 0.3) is 5.91 Å². The molecule has 7 heteroatoms. The Morgan fingerprint density at radius 2 is 1.93 bits per heavy atom. The van der Waals surface area contributed by atoms with Crippen molar-refractivity contribution in [2.24, 2.45) is 0 Å². The molecule has 0 bridgehead atoms. The number of nitrogens with zero attached hydrogens (tertiary/aromatic N) is 3. The largest absolute Gasteiger partial charge is 0.467 e. The summed E-state index contributed by atoms with van der Waals surface area (Å²) in [5, 5.41) is 8.30. The van der Waals surface area contributed by atoms with E-state index in [1.165, 1.54) is 7.11 Å². The molecular formula is C21H30N4O3. The third-order valence-electron chi connectivity index (χ3n) is 5.44. The molecule has 28 heavy (non-hydrogen) atoms. The van der Waals surface area contributed by atoms with Gasteiger partial charge in [-0.2, -0.15) is 5.10 Å². The van der Waals surface area contributed by atoms with Crippen LogP contribution in [-0.4, -0.2) is 39.3 Å². The number of aromatic nitrogens is 3. The van der Waals surface area contributed by atoms with Crippen molar-refractivity contribution in [3.8, 4) is 0 Å². The number of hydrogen-bond acceptors (Lipinski definition) is 5. The number of esters is 1. The maximum Gasteiger partial charge on any atom is 0.331 e. The molecule has 2 aromatic heterocycles. The topological polar surface area (TPSA) is 86.1 Å². The zero-order valence-corrected chi connectivity index (χ0v) is 17.8. The summed E-state index contributed by atoms with van der Waals surface area (Å²) in [7, 11) is 1.33. The van der Waals surface area contributed by atoms with Gasteiger partial charge in [-0.05, 0) is 59.9 Å². The minimum atomic E-state index is -1.09. The van der Waals surface area contributed by atoms with Gasteiger partial charge in [-0.3, -0.25) is 4.79 Å². The zero-order chi connectivity index (χ0) is 20.9. The van der Waals surface area contributed by atoms with Gasteiger partial charge < -0.3 is 10.1 Å². The summed E-state index contributed by atoms with van der Waals surface area (Å²) in [6, 6.07) is 1.87. The number of methoxy groups -OCH3 is 1. The van der Waals surface area contributed by atoms with Crippen molar-refractivity contribution in [2.45, 2.75) is 77.8 Å². The van der Waals surface area contributed by atoms with Crippen LogP contribution < -0.4 is 5.32 Å². The Balaban J connectivity index is 2.15. The highest BCUT2D eigenvalue weighted by atomic mass is 16.5. The Morgan fingerprint density at radius 1 is 1.29 bits per heavy atom. The first-order valence-corrected chi connectivity index (χ1v) is 9.83. The molecule has 0 saturated heterocycles. The minimum Gasteiger partial charge on any atom is -0.467 e. The van der Waals surface area contributed by atoms with E-state index in [0.29, 0.717) is 17.9 Å². The predicted molar refractivity (Wildman–Crippen MR) is 107 cm³/mol. The van der Waals surface area contributed by atoms with Gasteiger partial charge in [-0.1, -0.05) is 6.92 Å². The lowest BCUT2D eigenvalue weighted by molar-refractivity contribution is -0.147. The summed E-state index contributed by atoms with van der Waals surface area (Å²) in [5.74, 6) is -0.378. The number of nitrogens with one attached hydrogen (secondary N) is 1. The van der Waals surface area contributed by atoms with Crippen LogP contribution >= 0.6 is 0 Å². The molecule has 0 aromatic carbocycles. The third-order valence-corrected chi connectivity index (χ3v) is 5.44. The van der Waals surface area contributed by atoms with E-state index in [1.54, 1.807) is 6.92 Å². The number of aryl methyl sites for hydroxylation is 1. The lowest BCUT2D eigenvalue weighted by atomic mass is 9.97. The number of carbonyl (C=O) groups excluding carboxylic acids is 2. The van der Waals surface area contributed by atoms with Crippen molar-refractivity contribution >= 4 is 22.9 Å². The molecule has 1 N–H and O–H groups in total. The van der Waals surface area contributed by atoms with Crippen molar-refractivity contribution in [1.82, 2.24) is 20.1 Å². The Labute approximate surface area is 165 Å². The first kappa shape index (κ1) is 20.3. The maximum absolute atomic E-state index is 13.3. The van der Waals surface area contributed by atoms with Crippen LogP contribution in [0.3, 0.4) is 0 Å². The highest BCUT2D eigenvalue weighted by molar-refractivity contribution is 6.08. The molecular weight excluding hydrogens is 356 g/mol. The summed E-state index contributed by atoms with van der Waals surface area (Å²) in [6.07, 6.45) is 2.59. The van der Waals surface area contributed by atoms with Crippen molar-refractivity contribution < 1.29 is 14.3 Å². The van der Waals surface area contributed by atoms with Gasteiger partial charge in [-0.25, -0.2) is 14.5 Å². The van der Waals surface area contributed by atoms with Crippen molar-refractivity contribution in [3.05, 3.63) is 23.0 Å². The Kier molecular flexibility index (Phi) is 4.98. The van der Waals surface area contributed by atoms with E-state index in [-0.39, 0.29) is 11.4 Å². The second-order valence-electron chi connectivity index (χ2n) is 8.87. The Hall–Kier alpha value is -2.44. The van der Waals surface area contributed by atoms with Gasteiger partial charge >= 0.3 is 5.97 Å². The van der Waals surface area contributed by atoms with Crippen LogP contribution in [-0.2, 0) is 15.1 Å². The molecule has 1 unspecified atom stereocenters. The molecule has 1 aliphatic rings. The van der Waals surface area contributed by atoms with Crippen LogP contribution in [0.2, 0.25) is 0 Å². The highest BCUT2D eigenvalue weighted by Gasteiger charge is 2.36. The van der Waals surface area contributed by atoms with E-state index in [1.807, 2.05) is 24.6 Å². The molecule has 0 radical (unpaired) electrons. The van der Waals surface area contributed by atoms with Crippen molar-refractivity contribution in [3.63, 3.8) is 0 Å². The first-order valence-electron chi connectivity index (χ1n) is 9.83. The summed E-state index contributed by atoms with van der Waals surface area (Å²) in [6.45, 7) is 11.6. The standard InChI is InChI=1S/C21H30N4O3/c1-8-21(6,19(27)28-7)23-18(26)14-11-15(13-9-10-13)22-17-16(14)12(2)24-25(17)20(3,4)5/h11,13H,8-10H2,1-7H3,(H,23,26). The second kappa shape index (κ2) is 6.87. The molecule has 2 aromatic rings. The summed E-state index contributed by atoms with van der Waals surface area (Å²) >= 11 is 0. The van der Waals surface area contributed by atoms with Crippen LogP contribution in [0.5, 0.6) is 0 Å². The Bertz CT molecular complexity index is 937. The van der Waals surface area contributed by atoms with Crippen molar-refractivity contribution in [2.75, 3.05) is 7.11 Å². The molecule has 3 rings (SSSR count). The van der Waals surface area contributed by atoms with Gasteiger partial charge in [0.1, 0.15) is 5.54 Å². The SMILES string of the molecule is CCC(C)(NC(=O)c1cc(C2CC2)nc2c1c(C)nn2C(C)(C)C)C(=O)OC. The maximum atomic E-state index is 13.3. The molecule has 1 amide bonds. The lowest BCUT2D eigenvalue weighted by Gasteiger charge is -2.26. The van der Waals surface area contributed by atoms with Gasteiger partial charge in [-0.15, -0.1) is 0 Å². The smallest absolute Gasteiger partial charge is 0.331 e. The van der Waals surface area contributed by atoms with Crippen LogP contribution in [0.25, 0.3) is 11.0 Å². The van der Waals surface area contributed by atoms with E-state index < -0.39 is 11.5 Å². The molecule has 1 atom stereocenters. The molecule has 152 valence electrons. The number of pyridine rings is 1. The van der Waals surface area contributed by atoms with Crippen LogP contribution in [0.4, 0.5) is 0 Å². The summed E-state index contributed by atoms with van der Waals surface area (Å²) in [4.78, 5) is 30.4. The number of ether oxygens (including phenoxy) is 1. The molecule has 0 spiro atoms. The van der Waals surface area contributed by atoms with E-state index in [2.05, 4.69) is 31.2 Å². The molecule has 1 aliphatic carbocycles. The quantitative estimate of drug-likeness (QED) is 0.796. The van der Waals surface area contributed by atoms with Crippen molar-refractivity contribution in [1.29, 1.82) is 0 Å². The number of hydrogen-bond donors (Lipinski definition) is 1.